The van der Waals surface area contributed by atoms with Crippen LogP contribution in [-0.4, -0.2) is 29.3 Å². The molecule has 0 spiro atoms. The van der Waals surface area contributed by atoms with E-state index in [4.69, 9.17) is 5.73 Å². The van der Waals surface area contributed by atoms with Gasteiger partial charge in [-0.15, -0.1) is 0 Å². The van der Waals surface area contributed by atoms with Gasteiger partial charge in [-0.05, 0) is 104 Å². The molecule has 1 heterocycles. The first kappa shape index (κ1) is 22.9. The van der Waals surface area contributed by atoms with Gasteiger partial charge in [-0.1, -0.05) is 24.3 Å². The first-order valence-corrected chi connectivity index (χ1v) is 13.6. The number of aryl methyl sites for hydroxylation is 1. The van der Waals surface area contributed by atoms with E-state index in [9.17, 15) is 9.59 Å². The molecule has 2 aromatic rings. The van der Waals surface area contributed by atoms with Crippen molar-refractivity contribution < 1.29 is 9.59 Å². The number of nitrogens with one attached hydrogen (secondary N) is 1. The summed E-state index contributed by atoms with van der Waals surface area (Å²) in [4.78, 5) is 30.8. The zero-order valence-corrected chi connectivity index (χ0v) is 20.5. The second kappa shape index (κ2) is 9.16. The van der Waals surface area contributed by atoms with Gasteiger partial charge in [0.25, 0.3) is 0 Å². The molecule has 5 nitrogen and oxygen atoms in total. The highest BCUT2D eigenvalue weighted by molar-refractivity contribution is 5.87. The minimum atomic E-state index is -0.162. The molecule has 4 bridgehead atoms. The molecule has 1 amide bonds. The summed E-state index contributed by atoms with van der Waals surface area (Å²) in [7, 11) is 0. The van der Waals surface area contributed by atoms with E-state index in [1.54, 1.807) is 12.4 Å². The number of amides is 1. The molecule has 5 heteroatoms. The Bertz CT molecular complexity index is 1080. The minimum Gasteiger partial charge on any atom is -0.354 e. The SMILES string of the molecule is NC(CNC(=O)C1CCCc2ccccc21)C1C2CC3CC1CC(C(=O)Cc1ccncc1)(C3)C2. The zero-order chi connectivity index (χ0) is 24.0. The molecule has 4 fully saturated rings. The number of hydrogen-bond donors (Lipinski definition) is 2. The fourth-order valence-corrected chi connectivity index (χ4v) is 8.48. The summed E-state index contributed by atoms with van der Waals surface area (Å²) in [6.45, 7) is 0.539. The third-order valence-corrected chi connectivity index (χ3v) is 9.74. The van der Waals surface area contributed by atoms with E-state index in [2.05, 4.69) is 28.5 Å². The van der Waals surface area contributed by atoms with Crippen molar-refractivity contribution in [3.8, 4) is 0 Å². The molecule has 5 aliphatic carbocycles. The van der Waals surface area contributed by atoms with E-state index >= 15 is 0 Å². The summed E-state index contributed by atoms with van der Waals surface area (Å²) in [6.07, 6.45) is 12.5. The molecule has 3 N–H and O–H groups in total. The van der Waals surface area contributed by atoms with E-state index < -0.39 is 0 Å². The summed E-state index contributed by atoms with van der Waals surface area (Å²) >= 11 is 0. The molecule has 5 aliphatic rings. The number of fused-ring (bicyclic) bond motifs is 1. The first-order chi connectivity index (χ1) is 17.0. The molecule has 35 heavy (non-hydrogen) atoms. The second-order valence-corrected chi connectivity index (χ2v) is 11.8. The van der Waals surface area contributed by atoms with Gasteiger partial charge in [-0.3, -0.25) is 14.6 Å². The number of carbonyl (C=O) groups is 2. The molecule has 0 saturated heterocycles. The lowest BCUT2D eigenvalue weighted by Gasteiger charge is -2.60. The van der Waals surface area contributed by atoms with Gasteiger partial charge in [-0.2, -0.15) is 0 Å². The molecular weight excluding hydrogens is 434 g/mol. The van der Waals surface area contributed by atoms with E-state index in [-0.39, 0.29) is 23.3 Å². The average Bonchev–Trinajstić information content (AvgIpc) is 2.87. The number of nitrogens with zero attached hydrogens (tertiary/aromatic N) is 1. The average molecular weight is 472 g/mol. The van der Waals surface area contributed by atoms with Crippen LogP contribution in [0.4, 0.5) is 0 Å². The monoisotopic (exact) mass is 471 g/mol. The van der Waals surface area contributed by atoms with Gasteiger partial charge in [0.15, 0.2) is 0 Å². The Morgan fingerprint density at radius 1 is 1.06 bits per heavy atom. The van der Waals surface area contributed by atoms with Gasteiger partial charge >= 0.3 is 0 Å². The molecule has 4 atom stereocenters. The van der Waals surface area contributed by atoms with Crippen molar-refractivity contribution in [1.29, 1.82) is 0 Å². The van der Waals surface area contributed by atoms with Crippen LogP contribution in [0, 0.1) is 29.1 Å². The van der Waals surface area contributed by atoms with Gasteiger partial charge in [0.1, 0.15) is 5.78 Å². The maximum atomic E-state index is 13.5. The Labute approximate surface area is 208 Å². The maximum Gasteiger partial charge on any atom is 0.227 e. The number of pyridine rings is 1. The van der Waals surface area contributed by atoms with Crippen LogP contribution in [0.25, 0.3) is 0 Å². The summed E-state index contributed by atoms with van der Waals surface area (Å²) in [5, 5.41) is 3.23. The number of ketones is 1. The summed E-state index contributed by atoms with van der Waals surface area (Å²) in [5.74, 6) is 2.56. The first-order valence-electron chi connectivity index (χ1n) is 13.6. The molecule has 4 unspecified atom stereocenters. The van der Waals surface area contributed by atoms with Crippen molar-refractivity contribution in [2.24, 2.45) is 34.8 Å². The highest BCUT2D eigenvalue weighted by atomic mass is 16.2. The van der Waals surface area contributed by atoms with E-state index in [0.29, 0.717) is 42.4 Å². The Morgan fingerprint density at radius 3 is 2.57 bits per heavy atom. The summed E-state index contributed by atoms with van der Waals surface area (Å²) in [5.41, 5.74) is 10.2. The van der Waals surface area contributed by atoms with Gasteiger partial charge < -0.3 is 11.1 Å². The number of aromatic nitrogens is 1. The smallest absolute Gasteiger partial charge is 0.227 e. The molecule has 0 radical (unpaired) electrons. The lowest BCUT2D eigenvalue weighted by Crippen LogP contribution is -2.59. The van der Waals surface area contributed by atoms with E-state index in [1.807, 2.05) is 18.2 Å². The number of rotatable bonds is 7. The maximum absolute atomic E-state index is 13.5. The third-order valence-electron chi connectivity index (χ3n) is 9.74. The van der Waals surface area contributed by atoms with Gasteiger partial charge in [0.05, 0.1) is 5.92 Å². The van der Waals surface area contributed by atoms with Crippen molar-refractivity contribution in [3.63, 3.8) is 0 Å². The fraction of sp³-hybridized carbons (Fsp3) is 0.567. The highest BCUT2D eigenvalue weighted by Crippen LogP contribution is 2.63. The lowest BCUT2D eigenvalue weighted by atomic mass is 9.44. The largest absolute Gasteiger partial charge is 0.354 e. The van der Waals surface area contributed by atoms with Gasteiger partial charge in [-0.25, -0.2) is 0 Å². The number of hydrogen-bond acceptors (Lipinski definition) is 4. The molecule has 4 saturated carbocycles. The molecule has 184 valence electrons. The quantitative estimate of drug-likeness (QED) is 0.634. The standard InChI is InChI=1S/C30H37N3O2/c31-26(18-33-29(35)25-7-3-5-21-4-1-2-6-24(21)25)28-22-12-20-13-23(28)17-30(15-20,16-22)27(34)14-19-8-10-32-11-9-19/h1-2,4,6,8-11,20,22-23,25-26,28H,3,5,7,12-18,31H2,(H,33,35). The lowest BCUT2D eigenvalue weighted by molar-refractivity contribution is -0.151. The van der Waals surface area contributed by atoms with Crippen LogP contribution in [0.1, 0.15) is 67.6 Å². The van der Waals surface area contributed by atoms with Gasteiger partial charge in [0, 0.05) is 36.8 Å². The number of Topliss-reactive ketones (excluding diaryl/α,β-unsaturated/α-hetero) is 1. The Morgan fingerprint density at radius 2 is 1.80 bits per heavy atom. The number of nitrogens with two attached hydrogens (primary N) is 1. The molecule has 1 aromatic heterocycles. The van der Waals surface area contributed by atoms with Crippen LogP contribution in [0.5, 0.6) is 0 Å². The van der Waals surface area contributed by atoms with Crippen LogP contribution < -0.4 is 11.1 Å². The highest BCUT2D eigenvalue weighted by Gasteiger charge is 2.58. The predicted molar refractivity (Wildman–Crippen MR) is 136 cm³/mol. The molecule has 7 rings (SSSR count). The third kappa shape index (κ3) is 4.22. The van der Waals surface area contributed by atoms with Crippen molar-refractivity contribution in [1.82, 2.24) is 10.3 Å². The Hall–Kier alpha value is -2.53. The minimum absolute atomic E-state index is 0.0415. The van der Waals surface area contributed by atoms with Crippen LogP contribution in [0.2, 0.25) is 0 Å². The van der Waals surface area contributed by atoms with Crippen molar-refractivity contribution in [2.45, 2.75) is 69.7 Å². The molecule has 0 aliphatic heterocycles. The normalized spacial score (nSPS) is 33.7. The van der Waals surface area contributed by atoms with E-state index in [0.717, 1.165) is 44.1 Å². The fourth-order valence-electron chi connectivity index (χ4n) is 8.48. The number of benzene rings is 1. The van der Waals surface area contributed by atoms with Crippen molar-refractivity contribution >= 4 is 11.7 Å². The van der Waals surface area contributed by atoms with Crippen LogP contribution in [-0.2, 0) is 22.4 Å². The second-order valence-electron chi connectivity index (χ2n) is 11.8. The summed E-state index contributed by atoms with van der Waals surface area (Å²) < 4.78 is 0. The van der Waals surface area contributed by atoms with Crippen molar-refractivity contribution in [2.75, 3.05) is 6.54 Å². The van der Waals surface area contributed by atoms with Gasteiger partial charge in [0.2, 0.25) is 5.91 Å². The molecule has 1 aromatic carbocycles. The van der Waals surface area contributed by atoms with Crippen molar-refractivity contribution in [3.05, 3.63) is 65.5 Å². The Kier molecular flexibility index (Phi) is 6.00. The van der Waals surface area contributed by atoms with Crippen LogP contribution in [0.3, 0.4) is 0 Å². The topological polar surface area (TPSA) is 85.1 Å². The van der Waals surface area contributed by atoms with E-state index in [1.165, 1.54) is 24.0 Å². The summed E-state index contributed by atoms with van der Waals surface area (Å²) in [6, 6.07) is 12.3. The Balaban J connectivity index is 1.10. The zero-order valence-electron chi connectivity index (χ0n) is 20.5. The van der Waals surface area contributed by atoms with Crippen LogP contribution >= 0.6 is 0 Å². The molecular formula is C30H37N3O2. The predicted octanol–water partition coefficient (Wildman–Crippen LogP) is 4.20. The van der Waals surface area contributed by atoms with Crippen LogP contribution in [0.15, 0.2) is 48.8 Å². The number of carbonyl (C=O) groups excluding carboxylic acids is 2.